The smallest absolute Gasteiger partial charge is 0.140 e. The lowest BCUT2D eigenvalue weighted by Crippen LogP contribution is -2.38. The first-order chi connectivity index (χ1) is 14.9. The first-order valence-electron chi connectivity index (χ1n) is 10.4. The fourth-order valence-electron chi connectivity index (χ4n) is 4.79. The molecule has 2 aromatic carbocycles. The van der Waals surface area contributed by atoms with Gasteiger partial charge in [-0.3, -0.25) is 9.47 Å². The van der Waals surface area contributed by atoms with Crippen molar-refractivity contribution in [1.29, 1.82) is 0 Å². The minimum absolute atomic E-state index is 0.0220. The Labute approximate surface area is 190 Å². The molecule has 3 aromatic rings. The van der Waals surface area contributed by atoms with Crippen LogP contribution in [0.15, 0.2) is 36.4 Å². The lowest BCUT2D eigenvalue weighted by atomic mass is 10.1. The predicted molar refractivity (Wildman–Crippen MR) is 119 cm³/mol. The first kappa shape index (κ1) is 20.7. The van der Waals surface area contributed by atoms with Crippen molar-refractivity contribution >= 4 is 23.2 Å². The van der Waals surface area contributed by atoms with Crippen LogP contribution in [-0.2, 0) is 6.42 Å². The van der Waals surface area contributed by atoms with Gasteiger partial charge in [0.25, 0.3) is 0 Å². The molecule has 0 bridgehead atoms. The minimum atomic E-state index is -0.794. The van der Waals surface area contributed by atoms with Crippen molar-refractivity contribution in [3.8, 4) is 11.4 Å². The number of aromatic nitrogens is 3. The molecule has 2 aliphatic rings. The van der Waals surface area contributed by atoms with Crippen molar-refractivity contribution in [2.75, 3.05) is 13.1 Å². The normalized spacial score (nSPS) is 23.3. The fraction of sp³-hybridized carbons (Fsp3) is 0.391. The van der Waals surface area contributed by atoms with E-state index in [4.69, 9.17) is 27.9 Å². The second kappa shape index (κ2) is 8.08. The summed E-state index contributed by atoms with van der Waals surface area (Å²) in [6.45, 7) is 4.99. The van der Waals surface area contributed by atoms with E-state index in [1.807, 2.05) is 48.7 Å². The Bertz CT molecular complexity index is 1100. The summed E-state index contributed by atoms with van der Waals surface area (Å²) in [6, 6.07) is 11.6. The molecule has 1 fully saturated rings. The Balaban J connectivity index is 1.46. The standard InChI is InChI=1S/C23H23Cl2FN4O/c1-13-27-28-14(2)30(13)17-3-5-18(6-4-17)31-23-20-9-15(24)10-21(25)19(20)11-22(23)29-8-7-16(26)12-29/h3-6,9-10,16,22-23H,7-8,11-12H2,1-2H3/t16-,22-,23+/m1/s1. The molecule has 0 radical (unpaired) electrons. The van der Waals surface area contributed by atoms with Crippen LogP contribution in [0.25, 0.3) is 5.69 Å². The van der Waals surface area contributed by atoms with E-state index in [2.05, 4.69) is 15.1 Å². The highest BCUT2D eigenvalue weighted by molar-refractivity contribution is 6.35. The van der Waals surface area contributed by atoms with Crippen molar-refractivity contribution in [3.63, 3.8) is 0 Å². The van der Waals surface area contributed by atoms with E-state index in [1.165, 1.54) is 0 Å². The Hall–Kier alpha value is -2.15. The third-order valence-corrected chi connectivity index (χ3v) is 6.80. The van der Waals surface area contributed by atoms with E-state index in [-0.39, 0.29) is 12.1 Å². The number of fused-ring (bicyclic) bond motifs is 1. The maximum atomic E-state index is 14.0. The van der Waals surface area contributed by atoms with E-state index >= 15 is 0 Å². The average Bonchev–Trinajstić information content (AvgIpc) is 3.41. The second-order valence-corrected chi connectivity index (χ2v) is 9.11. The summed E-state index contributed by atoms with van der Waals surface area (Å²) in [6.07, 6.45) is 0.221. The van der Waals surface area contributed by atoms with Crippen molar-refractivity contribution in [2.45, 2.75) is 45.0 Å². The molecular formula is C23H23Cl2FN4O. The van der Waals surface area contributed by atoms with Crippen LogP contribution >= 0.6 is 23.2 Å². The Morgan fingerprint density at radius 1 is 1.06 bits per heavy atom. The number of rotatable bonds is 4. The molecule has 0 amide bonds. The quantitative estimate of drug-likeness (QED) is 0.531. The minimum Gasteiger partial charge on any atom is -0.484 e. The summed E-state index contributed by atoms with van der Waals surface area (Å²) in [5.74, 6) is 2.40. The summed E-state index contributed by atoms with van der Waals surface area (Å²) in [5, 5.41) is 9.46. The van der Waals surface area contributed by atoms with Gasteiger partial charge in [0.15, 0.2) is 0 Å². The third-order valence-electron chi connectivity index (χ3n) is 6.24. The number of alkyl halides is 1. The molecule has 3 atom stereocenters. The van der Waals surface area contributed by atoms with Gasteiger partial charge in [-0.2, -0.15) is 0 Å². The number of benzene rings is 2. The maximum absolute atomic E-state index is 14.0. The zero-order chi connectivity index (χ0) is 21.7. The van der Waals surface area contributed by atoms with Gasteiger partial charge in [0.05, 0.1) is 6.04 Å². The number of hydrogen-bond donors (Lipinski definition) is 0. The van der Waals surface area contributed by atoms with Crippen LogP contribution in [-0.4, -0.2) is 45.0 Å². The maximum Gasteiger partial charge on any atom is 0.140 e. The highest BCUT2D eigenvalue weighted by atomic mass is 35.5. The topological polar surface area (TPSA) is 43.2 Å². The number of ether oxygens (including phenoxy) is 1. The molecule has 0 spiro atoms. The van der Waals surface area contributed by atoms with Gasteiger partial charge in [-0.15, -0.1) is 10.2 Å². The molecule has 1 aromatic heterocycles. The number of aryl methyl sites for hydroxylation is 2. The summed E-state index contributed by atoms with van der Waals surface area (Å²) in [7, 11) is 0. The predicted octanol–water partition coefficient (Wildman–Crippen LogP) is 5.28. The number of nitrogens with zero attached hydrogens (tertiary/aromatic N) is 4. The molecule has 0 saturated carbocycles. The summed E-state index contributed by atoms with van der Waals surface area (Å²) < 4.78 is 22.4. The van der Waals surface area contributed by atoms with Crippen LogP contribution < -0.4 is 4.74 Å². The molecule has 0 N–H and O–H groups in total. The highest BCUT2D eigenvalue weighted by Crippen LogP contribution is 2.43. The largest absolute Gasteiger partial charge is 0.484 e. The van der Waals surface area contributed by atoms with Crippen LogP contribution in [0.4, 0.5) is 4.39 Å². The van der Waals surface area contributed by atoms with Crippen molar-refractivity contribution in [1.82, 2.24) is 19.7 Å². The van der Waals surface area contributed by atoms with E-state index in [1.54, 1.807) is 6.07 Å². The van der Waals surface area contributed by atoms with Gasteiger partial charge in [-0.05, 0) is 68.7 Å². The monoisotopic (exact) mass is 460 g/mol. The summed E-state index contributed by atoms with van der Waals surface area (Å²) >= 11 is 12.8. The number of likely N-dealkylation sites (tertiary alicyclic amines) is 1. The molecule has 0 unspecified atom stereocenters. The van der Waals surface area contributed by atoms with Crippen LogP contribution in [0.2, 0.25) is 10.0 Å². The van der Waals surface area contributed by atoms with Crippen LogP contribution in [0.1, 0.15) is 35.3 Å². The molecule has 5 nitrogen and oxygen atoms in total. The van der Waals surface area contributed by atoms with Crippen LogP contribution in [0.3, 0.4) is 0 Å². The molecule has 1 aliphatic carbocycles. The lowest BCUT2D eigenvalue weighted by molar-refractivity contribution is 0.0897. The van der Waals surface area contributed by atoms with Crippen molar-refractivity contribution in [3.05, 3.63) is 69.2 Å². The van der Waals surface area contributed by atoms with Gasteiger partial charge < -0.3 is 4.74 Å². The number of halogens is 3. The number of hydrogen-bond acceptors (Lipinski definition) is 4. The lowest BCUT2D eigenvalue weighted by Gasteiger charge is -2.30. The molecule has 31 heavy (non-hydrogen) atoms. The molecular weight excluding hydrogens is 438 g/mol. The SMILES string of the molecule is Cc1nnc(C)n1-c1ccc(O[C@H]2c3cc(Cl)cc(Cl)c3C[C@H]2N2CC[C@@H](F)C2)cc1. The molecule has 1 aliphatic heterocycles. The van der Waals surface area contributed by atoms with Gasteiger partial charge in [-0.25, -0.2) is 4.39 Å². The molecule has 5 rings (SSSR count). The average molecular weight is 461 g/mol. The zero-order valence-electron chi connectivity index (χ0n) is 17.4. The fourth-order valence-corrected chi connectivity index (χ4v) is 5.37. The Morgan fingerprint density at radius 2 is 1.77 bits per heavy atom. The first-order valence-corrected chi connectivity index (χ1v) is 11.2. The summed E-state index contributed by atoms with van der Waals surface area (Å²) in [4.78, 5) is 2.18. The molecule has 8 heteroatoms. The van der Waals surface area contributed by atoms with Gasteiger partial charge in [-0.1, -0.05) is 23.2 Å². The Morgan fingerprint density at radius 3 is 2.42 bits per heavy atom. The van der Waals surface area contributed by atoms with Crippen molar-refractivity contribution < 1.29 is 9.13 Å². The van der Waals surface area contributed by atoms with Crippen molar-refractivity contribution in [2.24, 2.45) is 0 Å². The van der Waals surface area contributed by atoms with Gasteiger partial charge in [0, 0.05) is 34.4 Å². The van der Waals surface area contributed by atoms with Crippen LogP contribution in [0, 0.1) is 13.8 Å². The van der Waals surface area contributed by atoms with Gasteiger partial charge >= 0.3 is 0 Å². The van der Waals surface area contributed by atoms with E-state index in [0.29, 0.717) is 23.0 Å². The Kier molecular flexibility index (Phi) is 5.40. The highest BCUT2D eigenvalue weighted by Gasteiger charge is 2.42. The van der Waals surface area contributed by atoms with Gasteiger partial charge in [0.2, 0.25) is 0 Å². The van der Waals surface area contributed by atoms with Gasteiger partial charge in [0.1, 0.15) is 29.7 Å². The van der Waals surface area contributed by atoms with Crippen LogP contribution in [0.5, 0.6) is 5.75 Å². The van der Waals surface area contributed by atoms with E-state index in [9.17, 15) is 4.39 Å². The molecule has 162 valence electrons. The molecule has 2 heterocycles. The second-order valence-electron chi connectivity index (χ2n) is 8.27. The van der Waals surface area contributed by atoms with E-state index < -0.39 is 6.17 Å². The van der Waals surface area contributed by atoms with E-state index in [0.717, 1.165) is 47.2 Å². The summed E-state index contributed by atoms with van der Waals surface area (Å²) in [5.41, 5.74) is 3.00. The zero-order valence-corrected chi connectivity index (χ0v) is 18.9. The molecule has 1 saturated heterocycles. The third kappa shape index (κ3) is 3.81.